The summed E-state index contributed by atoms with van der Waals surface area (Å²) in [7, 11) is 0. The Morgan fingerprint density at radius 1 is 1.80 bits per heavy atom. The first-order chi connectivity index (χ1) is 4.79. The Bertz CT molecular complexity index is 229. The van der Waals surface area contributed by atoms with Crippen LogP contribution >= 0.6 is 0 Å². The number of hydrogen-bond donors (Lipinski definition) is 0. The molecule has 0 aromatic rings. The molecule has 1 aliphatic rings. The molecule has 0 saturated carbocycles. The van der Waals surface area contributed by atoms with Gasteiger partial charge >= 0.3 is 0 Å². The summed E-state index contributed by atoms with van der Waals surface area (Å²) in [5, 5.41) is 19.1. The molecule has 6 nitrogen and oxygen atoms in total. The lowest BCUT2D eigenvalue weighted by molar-refractivity contribution is -0.484. The lowest BCUT2D eigenvalue weighted by Crippen LogP contribution is -2.04. The van der Waals surface area contributed by atoms with Crippen LogP contribution in [0, 0.1) is 10.1 Å². The Morgan fingerprint density at radius 2 is 2.60 bits per heavy atom. The zero-order valence-electron chi connectivity index (χ0n) is 4.97. The van der Waals surface area contributed by atoms with Crippen LogP contribution in [0.2, 0.25) is 0 Å². The molecule has 1 heterocycles. The molecule has 0 aromatic heterocycles. The summed E-state index contributed by atoms with van der Waals surface area (Å²) in [6.07, 6.45) is 2.82. The van der Waals surface area contributed by atoms with Gasteiger partial charge in [-0.3, -0.25) is 0 Å². The predicted octanol–water partition coefficient (Wildman–Crippen LogP) is 0.599. The molecule has 0 amide bonds. The molecule has 0 fully saturated rings. The molecule has 0 saturated heterocycles. The van der Waals surface area contributed by atoms with Crippen LogP contribution in [0.5, 0.6) is 0 Å². The fraction of sp³-hybridized carbons (Fsp3) is 0.250. The van der Waals surface area contributed by atoms with E-state index in [2.05, 4.69) is 15.3 Å². The predicted molar refractivity (Wildman–Crippen MR) is 33.3 cm³/mol. The first-order valence-electron chi connectivity index (χ1n) is 2.54. The maximum Gasteiger partial charge on any atom is 0.191 e. The van der Waals surface area contributed by atoms with Gasteiger partial charge in [0, 0.05) is 0 Å². The van der Waals surface area contributed by atoms with Crippen molar-refractivity contribution in [2.45, 2.75) is 0 Å². The smallest absolute Gasteiger partial charge is 0.191 e. The lowest BCUT2D eigenvalue weighted by atomic mass is 10.3. The number of rotatable bonds is 1. The summed E-state index contributed by atoms with van der Waals surface area (Å²) in [5.41, 5.74) is 0.319. The molecule has 6 heteroatoms. The zero-order chi connectivity index (χ0) is 7.40. The van der Waals surface area contributed by atoms with Crippen molar-refractivity contribution >= 4 is 5.71 Å². The van der Waals surface area contributed by atoms with Crippen LogP contribution in [-0.4, -0.2) is 17.3 Å². The summed E-state index contributed by atoms with van der Waals surface area (Å²) in [6, 6.07) is 0. The van der Waals surface area contributed by atoms with Gasteiger partial charge in [-0.15, -0.1) is 0 Å². The molecular formula is C4H4N4O2. The van der Waals surface area contributed by atoms with Crippen molar-refractivity contribution in [2.75, 3.05) is 6.54 Å². The van der Waals surface area contributed by atoms with Crippen molar-refractivity contribution in [1.29, 1.82) is 0 Å². The van der Waals surface area contributed by atoms with E-state index in [0.29, 0.717) is 5.71 Å². The molecular weight excluding hydrogens is 136 g/mol. The normalized spacial score (nSPS) is 19.8. The lowest BCUT2D eigenvalue weighted by Gasteiger charge is -1.92. The van der Waals surface area contributed by atoms with E-state index in [1.807, 2.05) is 0 Å². The Hall–Kier alpha value is -1.59. The van der Waals surface area contributed by atoms with Crippen molar-refractivity contribution in [2.24, 2.45) is 15.3 Å². The Kier molecular flexibility index (Phi) is 1.83. The van der Waals surface area contributed by atoms with Gasteiger partial charge in [0.2, 0.25) is 0 Å². The monoisotopic (exact) mass is 140 g/mol. The molecule has 0 N–H and O–H groups in total. The molecule has 1 rings (SSSR count). The number of nitrogens with zero attached hydrogens (tertiary/aromatic N) is 4. The second-order valence-electron chi connectivity index (χ2n) is 1.56. The van der Waals surface area contributed by atoms with E-state index in [1.54, 1.807) is 0 Å². The fourth-order valence-corrected chi connectivity index (χ4v) is 0.502. The largest absolute Gasteiger partial charge is 0.233 e. The summed E-state index contributed by atoms with van der Waals surface area (Å²) in [6.45, 7) is 0.192. The molecule has 10 heavy (non-hydrogen) atoms. The van der Waals surface area contributed by atoms with Crippen LogP contribution in [0.25, 0.3) is 0 Å². The van der Waals surface area contributed by atoms with Crippen molar-refractivity contribution < 1.29 is 5.03 Å². The number of hydrogen-bond acceptors (Lipinski definition) is 4. The van der Waals surface area contributed by atoms with E-state index in [4.69, 9.17) is 0 Å². The second-order valence-corrected chi connectivity index (χ2v) is 1.56. The standard InChI is InChI=1S/C4H4N4O2/c9-8(10)7-4-1-2-5-6-3-4/h1-2H,3H2. The van der Waals surface area contributed by atoms with Gasteiger partial charge in [-0.25, -0.2) is 10.1 Å². The summed E-state index contributed by atoms with van der Waals surface area (Å²) in [4.78, 5) is 9.78. The third-order valence-corrected chi connectivity index (χ3v) is 0.858. The molecule has 0 radical (unpaired) electrons. The van der Waals surface area contributed by atoms with Crippen LogP contribution in [0.3, 0.4) is 0 Å². The van der Waals surface area contributed by atoms with Gasteiger partial charge in [-0.1, -0.05) is 0 Å². The first kappa shape index (κ1) is 6.53. The highest BCUT2D eigenvalue weighted by atomic mass is 16.7. The van der Waals surface area contributed by atoms with Crippen LogP contribution in [0.1, 0.15) is 0 Å². The maximum absolute atomic E-state index is 9.78. The van der Waals surface area contributed by atoms with E-state index < -0.39 is 5.03 Å². The Balaban J connectivity index is 2.67. The number of hydrazone groups is 1. The summed E-state index contributed by atoms with van der Waals surface area (Å²) in [5.74, 6) is 0. The molecule has 52 valence electrons. The van der Waals surface area contributed by atoms with Crippen molar-refractivity contribution in [3.8, 4) is 0 Å². The van der Waals surface area contributed by atoms with Crippen LogP contribution < -0.4 is 0 Å². The molecule has 1 aliphatic heterocycles. The molecule has 0 spiro atoms. The summed E-state index contributed by atoms with van der Waals surface area (Å²) < 4.78 is 0. The minimum absolute atomic E-state index is 0.192. The third kappa shape index (κ3) is 1.73. The van der Waals surface area contributed by atoms with E-state index >= 15 is 0 Å². The topological polar surface area (TPSA) is 80.2 Å². The van der Waals surface area contributed by atoms with Gasteiger partial charge in [-0.05, 0) is 6.08 Å². The van der Waals surface area contributed by atoms with Crippen molar-refractivity contribution in [1.82, 2.24) is 0 Å². The SMILES string of the molecule is O=[N+]([O-])N=C1C=CN=NC1. The molecule has 0 bridgehead atoms. The first-order valence-corrected chi connectivity index (χ1v) is 2.54. The fourth-order valence-electron chi connectivity index (χ4n) is 0.502. The second kappa shape index (κ2) is 2.81. The van der Waals surface area contributed by atoms with E-state index in [0.717, 1.165) is 0 Å². The number of azo groups is 1. The van der Waals surface area contributed by atoms with Gasteiger partial charge in [-0.2, -0.15) is 10.2 Å². The zero-order valence-corrected chi connectivity index (χ0v) is 4.97. The quantitative estimate of drug-likeness (QED) is 0.394. The average molecular weight is 140 g/mol. The van der Waals surface area contributed by atoms with Gasteiger partial charge in [0.05, 0.1) is 11.3 Å². The molecule has 0 atom stereocenters. The van der Waals surface area contributed by atoms with E-state index in [1.165, 1.54) is 12.3 Å². The Morgan fingerprint density at radius 3 is 3.10 bits per heavy atom. The number of nitro groups is 1. The van der Waals surface area contributed by atoms with E-state index in [9.17, 15) is 10.1 Å². The highest BCUT2D eigenvalue weighted by molar-refractivity contribution is 5.96. The van der Waals surface area contributed by atoms with E-state index in [-0.39, 0.29) is 6.54 Å². The highest BCUT2D eigenvalue weighted by Gasteiger charge is 2.01. The minimum atomic E-state index is -0.749. The molecule has 0 aliphatic carbocycles. The Labute approximate surface area is 56.1 Å². The van der Waals surface area contributed by atoms with Crippen LogP contribution in [0.4, 0.5) is 0 Å². The van der Waals surface area contributed by atoms with Crippen LogP contribution in [0.15, 0.2) is 27.6 Å². The highest BCUT2D eigenvalue weighted by Crippen LogP contribution is 1.93. The van der Waals surface area contributed by atoms with Crippen molar-refractivity contribution in [3.05, 3.63) is 22.4 Å². The van der Waals surface area contributed by atoms with Gasteiger partial charge < -0.3 is 0 Å². The van der Waals surface area contributed by atoms with Gasteiger partial charge in [0.1, 0.15) is 12.3 Å². The van der Waals surface area contributed by atoms with Crippen molar-refractivity contribution in [3.63, 3.8) is 0 Å². The maximum atomic E-state index is 9.78. The average Bonchev–Trinajstić information content (AvgIpc) is 1.88. The summed E-state index contributed by atoms with van der Waals surface area (Å²) >= 11 is 0. The minimum Gasteiger partial charge on any atom is -0.233 e. The molecule has 0 unspecified atom stereocenters. The third-order valence-electron chi connectivity index (χ3n) is 0.858. The van der Waals surface area contributed by atoms with Crippen LogP contribution in [-0.2, 0) is 0 Å². The molecule has 0 aromatic carbocycles. The van der Waals surface area contributed by atoms with Gasteiger partial charge in [0.25, 0.3) is 0 Å². The van der Waals surface area contributed by atoms with Gasteiger partial charge in [0.15, 0.2) is 5.03 Å².